The number of hydrazine groups is 1. The number of aliphatic hydroxyl groups excluding tert-OH is 1. The Morgan fingerprint density at radius 2 is 1.55 bits per heavy atom. The molecule has 0 unspecified atom stereocenters. The van der Waals surface area contributed by atoms with Crippen LogP contribution in [0, 0.1) is 23.7 Å². The molecule has 0 radical (unpaired) electrons. The Morgan fingerprint density at radius 3 is 2.06 bits per heavy atom. The molecule has 0 saturated carbocycles. The molecule has 13 nitrogen and oxygen atoms in total. The van der Waals surface area contributed by atoms with Gasteiger partial charge in [0.05, 0.1) is 48.8 Å². The predicted molar refractivity (Wildman–Crippen MR) is 207 cm³/mol. The van der Waals surface area contributed by atoms with Gasteiger partial charge in [-0.1, -0.05) is 85.2 Å². The molecule has 1 fully saturated rings. The van der Waals surface area contributed by atoms with Crippen molar-refractivity contribution >= 4 is 23.6 Å². The van der Waals surface area contributed by atoms with Gasteiger partial charge in [-0.05, 0) is 50.1 Å². The summed E-state index contributed by atoms with van der Waals surface area (Å²) < 4.78 is 11.9. The Labute approximate surface area is 318 Å². The molecule has 0 aromatic heterocycles. The van der Waals surface area contributed by atoms with Gasteiger partial charge >= 0.3 is 0 Å². The minimum Gasteiger partial charge on any atom is -0.386 e. The van der Waals surface area contributed by atoms with Gasteiger partial charge in [0, 0.05) is 34.9 Å². The summed E-state index contributed by atoms with van der Waals surface area (Å²) in [5.41, 5.74) is 3.73. The van der Waals surface area contributed by atoms with Crippen molar-refractivity contribution in [1.29, 1.82) is 0 Å². The number of aliphatic hydroxyl groups is 1. The normalized spacial score (nSPS) is 19.9. The van der Waals surface area contributed by atoms with Gasteiger partial charge in [0.25, 0.3) is 0 Å². The molecule has 4 N–H and O–H groups in total. The van der Waals surface area contributed by atoms with Gasteiger partial charge in [0.1, 0.15) is 12.1 Å². The quantitative estimate of drug-likeness (QED) is 0.139. The summed E-state index contributed by atoms with van der Waals surface area (Å²) >= 11 is 0. The van der Waals surface area contributed by atoms with E-state index < -0.39 is 48.4 Å². The molecule has 1 aromatic carbocycles. The van der Waals surface area contributed by atoms with E-state index in [1.54, 1.807) is 64.0 Å². The third kappa shape index (κ3) is 11.9. The van der Waals surface area contributed by atoms with Gasteiger partial charge < -0.3 is 35.0 Å². The fourth-order valence-corrected chi connectivity index (χ4v) is 7.72. The van der Waals surface area contributed by atoms with E-state index in [0.717, 1.165) is 12.8 Å². The second-order valence-corrected chi connectivity index (χ2v) is 15.5. The number of rotatable bonds is 21. The topological polar surface area (TPSA) is 153 Å². The Bertz CT molecular complexity index is 1300. The van der Waals surface area contributed by atoms with Crippen molar-refractivity contribution in [2.45, 2.75) is 130 Å². The Morgan fingerprint density at radius 1 is 0.925 bits per heavy atom. The zero-order valence-electron chi connectivity index (χ0n) is 34.6. The lowest BCUT2D eigenvalue weighted by molar-refractivity contribution is -0.148. The van der Waals surface area contributed by atoms with Crippen molar-refractivity contribution in [2.75, 3.05) is 41.9 Å². The van der Waals surface area contributed by atoms with Crippen molar-refractivity contribution in [3.63, 3.8) is 0 Å². The van der Waals surface area contributed by atoms with Gasteiger partial charge in [-0.25, -0.2) is 5.01 Å². The number of carbonyl (C=O) groups excluding carboxylic acids is 4. The van der Waals surface area contributed by atoms with Crippen LogP contribution in [-0.2, 0) is 28.7 Å². The number of nitrogens with one attached hydrogen (secondary N) is 3. The maximum atomic E-state index is 14.3. The first kappa shape index (κ1) is 46.1. The van der Waals surface area contributed by atoms with Crippen LogP contribution in [0.2, 0.25) is 0 Å². The molecule has 1 aromatic rings. The molecule has 13 heteroatoms. The van der Waals surface area contributed by atoms with Crippen LogP contribution in [0.25, 0.3) is 0 Å². The number of methoxy groups -OCH3 is 2. The molecule has 1 saturated heterocycles. The summed E-state index contributed by atoms with van der Waals surface area (Å²) in [7, 11) is 8.40. The van der Waals surface area contributed by atoms with Crippen molar-refractivity contribution in [3.8, 4) is 0 Å². The zero-order valence-corrected chi connectivity index (χ0v) is 34.6. The first-order valence-corrected chi connectivity index (χ1v) is 19.3. The maximum absolute atomic E-state index is 14.3. The number of amides is 4. The van der Waals surface area contributed by atoms with Crippen LogP contribution >= 0.6 is 0 Å². The molecular weight excluding hydrogens is 676 g/mol. The number of ether oxygens (including phenoxy) is 2. The number of nitrogens with zero attached hydrogens (tertiary/aromatic N) is 3. The van der Waals surface area contributed by atoms with E-state index in [9.17, 15) is 24.3 Å². The van der Waals surface area contributed by atoms with Crippen molar-refractivity contribution in [2.24, 2.45) is 23.7 Å². The molecular formula is C40H70N6O7. The Balaban J connectivity index is 2.26. The average molecular weight is 747 g/mol. The highest BCUT2D eigenvalue weighted by Gasteiger charge is 2.43. The molecule has 1 aliphatic rings. The summed E-state index contributed by atoms with van der Waals surface area (Å²) in [5, 5.41) is 18.5. The fraction of sp³-hybridized carbons (Fsp3) is 0.750. The minimum absolute atomic E-state index is 0.00886. The van der Waals surface area contributed by atoms with E-state index in [2.05, 4.69) is 16.1 Å². The molecule has 0 aliphatic carbocycles. The number of hydrogen-bond donors (Lipinski definition) is 4. The zero-order chi connectivity index (χ0) is 40.2. The standard InChI is InChI=1S/C40H70N6O7/c1-14-26(6)35(44(10)40(51)33(24(2)3)43-39(50)34(25(4)5)45(11)41-9)31(52-12)23-32(47)46-22-18-21-30(46)37(53-13)27(7)38(49)42-28(8)36(48)29-19-16-15-17-20-29/h15-17,19-20,24-28,30-31,33-37,41,48H,14,18,21-23H2,1-13H3,(H,42,49)(H,43,50)/t26-,27+,28+,30-,31+,33-,34-,35-,36+,37+/m0/s1. The summed E-state index contributed by atoms with van der Waals surface area (Å²) in [6.45, 7) is 15.9. The Kier molecular flexibility index (Phi) is 18.9. The number of benzene rings is 1. The van der Waals surface area contributed by atoms with Gasteiger partial charge in [0.2, 0.25) is 23.6 Å². The van der Waals surface area contributed by atoms with Crippen LogP contribution in [0.4, 0.5) is 0 Å². The summed E-state index contributed by atoms with van der Waals surface area (Å²) in [5.74, 6) is -1.73. The van der Waals surface area contributed by atoms with Crippen molar-refractivity contribution in [3.05, 3.63) is 35.9 Å². The average Bonchev–Trinajstić information content (AvgIpc) is 3.62. The third-order valence-corrected chi connectivity index (χ3v) is 11.1. The number of likely N-dealkylation sites (tertiary alicyclic amines) is 1. The van der Waals surface area contributed by atoms with E-state index in [4.69, 9.17) is 9.47 Å². The first-order chi connectivity index (χ1) is 25.0. The van der Waals surface area contributed by atoms with Crippen LogP contribution in [0.3, 0.4) is 0 Å². The number of carbonyl (C=O) groups is 4. The molecule has 1 heterocycles. The third-order valence-electron chi connectivity index (χ3n) is 11.1. The smallest absolute Gasteiger partial charge is 0.245 e. The van der Waals surface area contributed by atoms with Crippen LogP contribution in [0.15, 0.2) is 30.3 Å². The molecule has 0 spiro atoms. The summed E-state index contributed by atoms with van der Waals surface area (Å²) in [4.78, 5) is 58.9. The lowest BCUT2D eigenvalue weighted by atomic mass is 9.89. The molecule has 53 heavy (non-hydrogen) atoms. The fourth-order valence-electron chi connectivity index (χ4n) is 7.72. The number of likely N-dealkylation sites (N-methyl/N-ethyl adjacent to an activating group) is 2. The molecule has 2 rings (SSSR count). The highest BCUT2D eigenvalue weighted by Crippen LogP contribution is 2.30. The lowest BCUT2D eigenvalue weighted by Gasteiger charge is -2.41. The molecule has 4 amide bonds. The predicted octanol–water partition coefficient (Wildman–Crippen LogP) is 3.38. The van der Waals surface area contributed by atoms with E-state index in [1.807, 2.05) is 71.9 Å². The van der Waals surface area contributed by atoms with Crippen molar-refractivity contribution < 1.29 is 33.8 Å². The summed E-state index contributed by atoms with van der Waals surface area (Å²) in [6.07, 6.45) is 0.107. The van der Waals surface area contributed by atoms with E-state index in [1.165, 1.54) is 0 Å². The Hall–Kier alpha value is -3.10. The monoisotopic (exact) mass is 747 g/mol. The van der Waals surface area contributed by atoms with E-state index in [-0.39, 0.29) is 53.8 Å². The van der Waals surface area contributed by atoms with Crippen LogP contribution in [0.1, 0.15) is 92.7 Å². The van der Waals surface area contributed by atoms with Gasteiger partial charge in [-0.3, -0.25) is 24.6 Å². The summed E-state index contributed by atoms with van der Waals surface area (Å²) in [6, 6.07) is 6.57. The SMILES string of the molecule is CC[C@H](C)[C@@H]([C@@H](CC(=O)N1CCC[C@H]1[C@H](OC)[C@@H](C)C(=O)N[C@H](C)[C@@H](O)c1ccccc1)OC)N(C)C(=O)[C@@H](NC(=O)[C@H](C(C)C)N(C)NC)C(C)C. The second kappa shape index (κ2) is 21.7. The minimum atomic E-state index is -0.878. The first-order valence-electron chi connectivity index (χ1n) is 19.3. The molecule has 302 valence electrons. The molecule has 1 aliphatic heterocycles. The number of hydrogen-bond acceptors (Lipinski definition) is 9. The van der Waals surface area contributed by atoms with Crippen LogP contribution in [-0.4, -0.2) is 128 Å². The highest BCUT2D eigenvalue weighted by molar-refractivity contribution is 5.90. The molecule has 0 bridgehead atoms. The molecule has 10 atom stereocenters. The van der Waals surface area contributed by atoms with Crippen molar-refractivity contribution in [1.82, 2.24) is 30.9 Å². The largest absolute Gasteiger partial charge is 0.386 e. The second-order valence-electron chi connectivity index (χ2n) is 15.5. The van der Waals surface area contributed by atoms with Crippen LogP contribution < -0.4 is 16.1 Å². The van der Waals surface area contributed by atoms with E-state index in [0.29, 0.717) is 18.5 Å². The highest BCUT2D eigenvalue weighted by atomic mass is 16.5. The van der Waals surface area contributed by atoms with Gasteiger partial charge in [0.15, 0.2) is 0 Å². The lowest BCUT2D eigenvalue weighted by Crippen LogP contribution is -2.60. The van der Waals surface area contributed by atoms with Gasteiger partial charge in [-0.2, -0.15) is 0 Å². The van der Waals surface area contributed by atoms with Crippen LogP contribution in [0.5, 0.6) is 0 Å². The van der Waals surface area contributed by atoms with Gasteiger partial charge in [-0.15, -0.1) is 0 Å². The maximum Gasteiger partial charge on any atom is 0.245 e. The van der Waals surface area contributed by atoms with E-state index >= 15 is 0 Å².